The topological polar surface area (TPSA) is 75.7 Å². The van der Waals surface area contributed by atoms with Crippen molar-refractivity contribution < 1.29 is 19.1 Å². The number of urea groups is 1. The van der Waals surface area contributed by atoms with E-state index in [0.29, 0.717) is 23.3 Å². The summed E-state index contributed by atoms with van der Waals surface area (Å²) in [6.07, 6.45) is 2.83. The summed E-state index contributed by atoms with van der Waals surface area (Å²) in [6, 6.07) is 6.77. The predicted molar refractivity (Wildman–Crippen MR) is 105 cm³/mol. The van der Waals surface area contributed by atoms with Crippen LogP contribution in [0.5, 0.6) is 0 Å². The van der Waals surface area contributed by atoms with E-state index in [4.69, 9.17) is 4.74 Å². The molecule has 3 amide bonds. The molecule has 6 heteroatoms. The number of amides is 3. The Morgan fingerprint density at radius 1 is 1.14 bits per heavy atom. The summed E-state index contributed by atoms with van der Waals surface area (Å²) >= 11 is 0. The second-order valence-electron chi connectivity index (χ2n) is 8.48. The Kier molecular flexibility index (Phi) is 6.06. The lowest BCUT2D eigenvalue weighted by Crippen LogP contribution is -2.46. The first kappa shape index (κ1) is 20.4. The van der Waals surface area contributed by atoms with E-state index in [0.717, 1.165) is 24.2 Å². The van der Waals surface area contributed by atoms with Crippen molar-refractivity contribution in [2.75, 3.05) is 0 Å². The number of benzene rings is 1. The molecule has 5 unspecified atom stereocenters. The van der Waals surface area contributed by atoms with Gasteiger partial charge in [0.05, 0.1) is 0 Å². The molecule has 0 aromatic heterocycles. The van der Waals surface area contributed by atoms with Crippen LogP contribution in [0.15, 0.2) is 30.3 Å². The molecule has 0 spiro atoms. The minimum atomic E-state index is -0.953. The summed E-state index contributed by atoms with van der Waals surface area (Å²) in [4.78, 5) is 39.0. The molecule has 2 aliphatic rings. The molecule has 1 aromatic carbocycles. The van der Waals surface area contributed by atoms with Crippen LogP contribution in [0.4, 0.5) is 4.79 Å². The van der Waals surface area contributed by atoms with E-state index in [1.54, 1.807) is 19.1 Å². The Morgan fingerprint density at radius 2 is 1.82 bits per heavy atom. The van der Waals surface area contributed by atoms with Gasteiger partial charge in [0.15, 0.2) is 0 Å². The lowest BCUT2D eigenvalue weighted by Gasteiger charge is -2.37. The summed E-state index contributed by atoms with van der Waals surface area (Å²) < 4.78 is 5.83. The van der Waals surface area contributed by atoms with Crippen LogP contribution in [0.25, 0.3) is 0 Å². The monoisotopic (exact) mass is 386 g/mol. The predicted octanol–water partition coefficient (Wildman–Crippen LogP) is 3.67. The molecule has 1 aliphatic carbocycles. The van der Waals surface area contributed by atoms with E-state index in [-0.39, 0.29) is 6.10 Å². The molecule has 1 heterocycles. The van der Waals surface area contributed by atoms with Crippen LogP contribution in [0.2, 0.25) is 0 Å². The van der Waals surface area contributed by atoms with Gasteiger partial charge in [-0.3, -0.25) is 4.79 Å². The molecule has 1 aliphatic heterocycles. The first-order chi connectivity index (χ1) is 13.3. The van der Waals surface area contributed by atoms with Crippen molar-refractivity contribution in [3.05, 3.63) is 35.9 Å². The molecule has 28 heavy (non-hydrogen) atoms. The van der Waals surface area contributed by atoms with E-state index >= 15 is 0 Å². The molecule has 6 nitrogen and oxygen atoms in total. The SMILES string of the molecule is CC1CCC(C(C)C)C(OC(=O)C(C)N2C(=O)NC(c3ccccc3)C2=O)C1. The van der Waals surface area contributed by atoms with Gasteiger partial charge in [-0.05, 0) is 43.1 Å². The van der Waals surface area contributed by atoms with Crippen LogP contribution in [-0.4, -0.2) is 35.0 Å². The van der Waals surface area contributed by atoms with Crippen LogP contribution < -0.4 is 5.32 Å². The van der Waals surface area contributed by atoms with Crippen LogP contribution >= 0.6 is 0 Å². The molecular weight excluding hydrogens is 356 g/mol. The third-order valence-electron chi connectivity index (χ3n) is 6.06. The zero-order chi connectivity index (χ0) is 20.4. The quantitative estimate of drug-likeness (QED) is 0.619. The third-order valence-corrected chi connectivity index (χ3v) is 6.06. The molecule has 3 rings (SSSR count). The third kappa shape index (κ3) is 4.05. The van der Waals surface area contributed by atoms with E-state index in [9.17, 15) is 14.4 Å². The molecule has 1 saturated carbocycles. The summed E-state index contributed by atoms with van der Waals surface area (Å²) in [5, 5.41) is 2.67. The average molecular weight is 386 g/mol. The van der Waals surface area contributed by atoms with E-state index in [1.165, 1.54) is 0 Å². The van der Waals surface area contributed by atoms with Gasteiger partial charge in [-0.2, -0.15) is 0 Å². The molecule has 1 N–H and O–H groups in total. The van der Waals surface area contributed by atoms with Crippen LogP contribution in [0, 0.1) is 17.8 Å². The highest BCUT2D eigenvalue weighted by molar-refractivity contribution is 6.07. The van der Waals surface area contributed by atoms with Crippen LogP contribution in [-0.2, 0) is 14.3 Å². The highest BCUT2D eigenvalue weighted by Gasteiger charge is 2.45. The highest BCUT2D eigenvalue weighted by atomic mass is 16.5. The van der Waals surface area contributed by atoms with Crippen molar-refractivity contribution >= 4 is 17.9 Å². The van der Waals surface area contributed by atoms with Crippen molar-refractivity contribution in [3.8, 4) is 0 Å². The van der Waals surface area contributed by atoms with Gasteiger partial charge in [-0.1, -0.05) is 57.5 Å². The minimum absolute atomic E-state index is 0.163. The largest absolute Gasteiger partial charge is 0.461 e. The number of nitrogens with zero attached hydrogens (tertiary/aromatic N) is 1. The van der Waals surface area contributed by atoms with Crippen LogP contribution in [0.3, 0.4) is 0 Å². The van der Waals surface area contributed by atoms with Gasteiger partial charge in [0, 0.05) is 0 Å². The van der Waals surface area contributed by atoms with E-state index in [2.05, 4.69) is 26.1 Å². The van der Waals surface area contributed by atoms with Gasteiger partial charge < -0.3 is 10.1 Å². The number of carbonyl (C=O) groups excluding carboxylic acids is 3. The van der Waals surface area contributed by atoms with Gasteiger partial charge in [-0.25, -0.2) is 14.5 Å². The zero-order valence-electron chi connectivity index (χ0n) is 17.1. The number of esters is 1. The van der Waals surface area contributed by atoms with Crippen molar-refractivity contribution in [2.45, 2.75) is 65.1 Å². The Balaban J connectivity index is 1.70. The highest BCUT2D eigenvalue weighted by Crippen LogP contribution is 2.36. The van der Waals surface area contributed by atoms with Crippen molar-refractivity contribution in [3.63, 3.8) is 0 Å². The fourth-order valence-corrected chi connectivity index (χ4v) is 4.34. The maximum absolute atomic E-state index is 12.8. The van der Waals surface area contributed by atoms with Crippen molar-refractivity contribution in [1.82, 2.24) is 10.2 Å². The Bertz CT molecular complexity index is 733. The molecule has 152 valence electrons. The van der Waals surface area contributed by atoms with Crippen LogP contribution in [0.1, 0.15) is 58.6 Å². The summed E-state index contributed by atoms with van der Waals surface area (Å²) in [6.45, 7) is 8.02. The van der Waals surface area contributed by atoms with E-state index < -0.39 is 30.0 Å². The molecule has 0 radical (unpaired) electrons. The van der Waals surface area contributed by atoms with Gasteiger partial charge in [0.2, 0.25) is 0 Å². The lowest BCUT2D eigenvalue weighted by atomic mass is 9.75. The number of hydrogen-bond acceptors (Lipinski definition) is 4. The number of hydrogen-bond donors (Lipinski definition) is 1. The second kappa shape index (κ2) is 8.33. The Labute approximate surface area is 166 Å². The number of carbonyl (C=O) groups is 3. The number of rotatable bonds is 5. The molecule has 1 saturated heterocycles. The zero-order valence-corrected chi connectivity index (χ0v) is 17.1. The average Bonchev–Trinajstić information content (AvgIpc) is 2.96. The number of ether oxygens (including phenoxy) is 1. The molecule has 1 aromatic rings. The molecule has 2 fully saturated rings. The molecule has 0 bridgehead atoms. The van der Waals surface area contributed by atoms with E-state index in [1.807, 2.05) is 18.2 Å². The first-order valence-electron chi connectivity index (χ1n) is 10.2. The minimum Gasteiger partial charge on any atom is -0.461 e. The molecule has 5 atom stereocenters. The Morgan fingerprint density at radius 3 is 2.46 bits per heavy atom. The normalized spacial score (nSPS) is 29.0. The summed E-state index contributed by atoms with van der Waals surface area (Å²) in [7, 11) is 0. The maximum atomic E-state index is 12.8. The van der Waals surface area contributed by atoms with Gasteiger partial charge in [-0.15, -0.1) is 0 Å². The fourth-order valence-electron chi connectivity index (χ4n) is 4.34. The number of imide groups is 1. The van der Waals surface area contributed by atoms with Gasteiger partial charge in [0.25, 0.3) is 5.91 Å². The fraction of sp³-hybridized carbons (Fsp3) is 0.591. The standard InChI is InChI=1S/C22H30N2O4/c1-13(2)17-11-10-14(3)12-18(17)28-21(26)15(4)24-20(25)19(23-22(24)27)16-8-6-5-7-9-16/h5-9,13-15,17-19H,10-12H2,1-4H3,(H,23,27). The summed E-state index contributed by atoms with van der Waals surface area (Å²) in [5.74, 6) is 0.301. The first-order valence-corrected chi connectivity index (χ1v) is 10.2. The van der Waals surface area contributed by atoms with Crippen molar-refractivity contribution in [1.29, 1.82) is 0 Å². The van der Waals surface area contributed by atoms with Gasteiger partial charge >= 0.3 is 12.0 Å². The maximum Gasteiger partial charge on any atom is 0.329 e. The second-order valence-corrected chi connectivity index (χ2v) is 8.48. The van der Waals surface area contributed by atoms with Gasteiger partial charge in [0.1, 0.15) is 18.2 Å². The smallest absolute Gasteiger partial charge is 0.329 e. The Hall–Kier alpha value is -2.37. The summed E-state index contributed by atoms with van der Waals surface area (Å²) in [5.41, 5.74) is 0.699. The number of nitrogens with one attached hydrogen (secondary N) is 1. The molecular formula is C22H30N2O4. The van der Waals surface area contributed by atoms with Crippen molar-refractivity contribution in [2.24, 2.45) is 17.8 Å². The lowest BCUT2D eigenvalue weighted by molar-refractivity contribution is -0.162.